The van der Waals surface area contributed by atoms with E-state index in [1.54, 1.807) is 17.9 Å². The first-order chi connectivity index (χ1) is 11.1. The molecule has 0 aliphatic heterocycles. The fraction of sp³-hybridized carbons (Fsp3) is 0.444. The van der Waals surface area contributed by atoms with E-state index in [0.29, 0.717) is 17.5 Å². The Morgan fingerprint density at radius 1 is 1.22 bits per heavy atom. The van der Waals surface area contributed by atoms with Crippen LogP contribution in [0.2, 0.25) is 0 Å². The Balaban J connectivity index is 1.53. The second-order valence-electron chi connectivity index (χ2n) is 6.28. The Morgan fingerprint density at radius 3 is 2.52 bits per heavy atom. The molecule has 1 aromatic carbocycles. The highest BCUT2D eigenvalue weighted by Gasteiger charge is 2.27. The normalized spacial score (nSPS) is 21.0. The minimum atomic E-state index is -0.124. The van der Waals surface area contributed by atoms with Crippen LogP contribution >= 0.6 is 0 Å². The molecular formula is C18H23N3O2. The van der Waals surface area contributed by atoms with E-state index in [0.717, 1.165) is 25.7 Å². The average Bonchev–Trinajstić information content (AvgIpc) is 3.00. The van der Waals surface area contributed by atoms with Gasteiger partial charge in [0, 0.05) is 19.2 Å². The number of rotatable bonds is 3. The number of benzene rings is 1. The zero-order chi connectivity index (χ0) is 16.2. The predicted molar refractivity (Wildman–Crippen MR) is 89.5 cm³/mol. The van der Waals surface area contributed by atoms with Crippen LogP contribution in [0, 0.1) is 6.92 Å². The molecule has 5 heteroatoms. The number of carbonyl (C=O) groups excluding carboxylic acids is 1. The van der Waals surface area contributed by atoms with Gasteiger partial charge in [-0.2, -0.15) is 0 Å². The van der Waals surface area contributed by atoms with Crippen LogP contribution in [-0.4, -0.2) is 29.2 Å². The summed E-state index contributed by atoms with van der Waals surface area (Å²) in [5.74, 6) is 1.77. The standard InChI is InChI=1S/C18H23N3O2/c1-13-12-17(20-23-13)19-18(22)21(2)16-10-8-15(9-11-16)14-6-4-3-5-7-14/h3-7,12,15-16H,8-11H2,1-2H3,(H,19,20,22). The number of urea groups is 1. The summed E-state index contributed by atoms with van der Waals surface area (Å²) in [5.41, 5.74) is 1.41. The lowest BCUT2D eigenvalue weighted by atomic mass is 9.81. The number of carbonyl (C=O) groups is 1. The third-order valence-corrected chi connectivity index (χ3v) is 4.70. The van der Waals surface area contributed by atoms with E-state index in [9.17, 15) is 4.79 Å². The highest BCUT2D eigenvalue weighted by Crippen LogP contribution is 2.34. The van der Waals surface area contributed by atoms with Crippen LogP contribution in [0.25, 0.3) is 0 Å². The molecule has 0 saturated heterocycles. The quantitative estimate of drug-likeness (QED) is 0.925. The second-order valence-corrected chi connectivity index (χ2v) is 6.28. The fourth-order valence-corrected chi connectivity index (χ4v) is 3.31. The molecular weight excluding hydrogens is 290 g/mol. The topological polar surface area (TPSA) is 58.4 Å². The fourth-order valence-electron chi connectivity index (χ4n) is 3.31. The monoisotopic (exact) mass is 313 g/mol. The molecule has 3 rings (SSSR count). The molecule has 0 spiro atoms. The van der Waals surface area contributed by atoms with Gasteiger partial charge in [-0.05, 0) is 44.1 Å². The molecule has 1 heterocycles. The van der Waals surface area contributed by atoms with Crippen LogP contribution in [0.1, 0.15) is 42.9 Å². The van der Waals surface area contributed by atoms with Gasteiger partial charge in [0.25, 0.3) is 0 Å². The number of aromatic nitrogens is 1. The van der Waals surface area contributed by atoms with Gasteiger partial charge in [-0.3, -0.25) is 5.32 Å². The van der Waals surface area contributed by atoms with E-state index < -0.39 is 0 Å². The number of hydrogen-bond donors (Lipinski definition) is 1. The molecule has 1 aliphatic rings. The van der Waals surface area contributed by atoms with Crippen LogP contribution in [0.5, 0.6) is 0 Å². The van der Waals surface area contributed by atoms with E-state index in [4.69, 9.17) is 4.52 Å². The van der Waals surface area contributed by atoms with Gasteiger partial charge in [0.15, 0.2) is 5.82 Å². The van der Waals surface area contributed by atoms with Gasteiger partial charge >= 0.3 is 6.03 Å². The molecule has 122 valence electrons. The molecule has 1 saturated carbocycles. The molecule has 2 aromatic rings. The molecule has 0 bridgehead atoms. The summed E-state index contributed by atoms with van der Waals surface area (Å²) in [5, 5.41) is 6.59. The van der Waals surface area contributed by atoms with E-state index in [1.165, 1.54) is 5.56 Å². The molecule has 0 atom stereocenters. The maximum absolute atomic E-state index is 12.3. The first-order valence-corrected chi connectivity index (χ1v) is 8.15. The number of hydrogen-bond acceptors (Lipinski definition) is 3. The van der Waals surface area contributed by atoms with E-state index >= 15 is 0 Å². The molecule has 5 nitrogen and oxygen atoms in total. The lowest BCUT2D eigenvalue weighted by Crippen LogP contribution is -2.41. The summed E-state index contributed by atoms with van der Waals surface area (Å²) in [6.07, 6.45) is 4.30. The summed E-state index contributed by atoms with van der Waals surface area (Å²) < 4.78 is 4.97. The van der Waals surface area contributed by atoms with E-state index in [2.05, 4.69) is 40.8 Å². The van der Waals surface area contributed by atoms with Gasteiger partial charge < -0.3 is 9.42 Å². The summed E-state index contributed by atoms with van der Waals surface area (Å²) in [6, 6.07) is 12.5. The second kappa shape index (κ2) is 6.86. The molecule has 0 unspecified atom stereocenters. The van der Waals surface area contributed by atoms with Gasteiger partial charge in [0.2, 0.25) is 0 Å². The number of aryl methyl sites for hydroxylation is 1. The van der Waals surface area contributed by atoms with Crippen LogP contribution in [0.15, 0.2) is 40.9 Å². The molecule has 1 fully saturated rings. The van der Waals surface area contributed by atoms with Crippen molar-refractivity contribution in [1.29, 1.82) is 0 Å². The Labute approximate surface area is 136 Å². The first kappa shape index (κ1) is 15.6. The SMILES string of the molecule is Cc1cc(NC(=O)N(C)C2CCC(c3ccccc3)CC2)no1. The maximum atomic E-state index is 12.3. The Morgan fingerprint density at radius 2 is 1.91 bits per heavy atom. The van der Waals surface area contributed by atoms with Gasteiger partial charge in [-0.25, -0.2) is 4.79 Å². The van der Waals surface area contributed by atoms with Gasteiger partial charge in [0.1, 0.15) is 5.76 Å². The van der Waals surface area contributed by atoms with Crippen molar-refractivity contribution in [2.75, 3.05) is 12.4 Å². The highest BCUT2D eigenvalue weighted by molar-refractivity contribution is 5.88. The van der Waals surface area contributed by atoms with Crippen molar-refractivity contribution in [1.82, 2.24) is 10.1 Å². The number of anilines is 1. The molecule has 1 aromatic heterocycles. The predicted octanol–water partition coefficient (Wildman–Crippen LogP) is 4.17. The third kappa shape index (κ3) is 3.73. The number of nitrogens with one attached hydrogen (secondary N) is 1. The summed E-state index contributed by atoms with van der Waals surface area (Å²) >= 11 is 0. The van der Waals surface area contributed by atoms with Gasteiger partial charge in [0.05, 0.1) is 0 Å². The zero-order valence-electron chi connectivity index (χ0n) is 13.7. The minimum absolute atomic E-state index is 0.124. The van der Waals surface area contributed by atoms with Crippen molar-refractivity contribution < 1.29 is 9.32 Å². The van der Waals surface area contributed by atoms with Crippen LogP contribution in [0.3, 0.4) is 0 Å². The smallest absolute Gasteiger partial charge is 0.323 e. The molecule has 2 amide bonds. The van der Waals surface area contributed by atoms with Crippen LogP contribution in [-0.2, 0) is 0 Å². The zero-order valence-corrected chi connectivity index (χ0v) is 13.7. The minimum Gasteiger partial charge on any atom is -0.360 e. The molecule has 1 N–H and O–H groups in total. The Hall–Kier alpha value is -2.30. The van der Waals surface area contributed by atoms with Crippen molar-refractivity contribution in [3.63, 3.8) is 0 Å². The largest absolute Gasteiger partial charge is 0.360 e. The van der Waals surface area contributed by atoms with Gasteiger partial charge in [-0.15, -0.1) is 0 Å². The Bertz CT molecular complexity index is 645. The maximum Gasteiger partial charge on any atom is 0.323 e. The van der Waals surface area contributed by atoms with Crippen molar-refractivity contribution in [3.8, 4) is 0 Å². The number of amides is 2. The molecule has 23 heavy (non-hydrogen) atoms. The van der Waals surface area contributed by atoms with Crippen molar-refractivity contribution in [2.24, 2.45) is 0 Å². The van der Waals surface area contributed by atoms with Crippen molar-refractivity contribution >= 4 is 11.8 Å². The number of nitrogens with zero attached hydrogens (tertiary/aromatic N) is 2. The summed E-state index contributed by atoms with van der Waals surface area (Å²) in [4.78, 5) is 14.1. The first-order valence-electron chi connectivity index (χ1n) is 8.15. The summed E-state index contributed by atoms with van der Waals surface area (Å²) in [6.45, 7) is 1.80. The lowest BCUT2D eigenvalue weighted by Gasteiger charge is -2.34. The summed E-state index contributed by atoms with van der Waals surface area (Å²) in [7, 11) is 1.86. The van der Waals surface area contributed by atoms with E-state index in [1.807, 2.05) is 7.05 Å². The van der Waals surface area contributed by atoms with Crippen LogP contribution in [0.4, 0.5) is 10.6 Å². The molecule has 1 aliphatic carbocycles. The molecule has 0 radical (unpaired) electrons. The van der Waals surface area contributed by atoms with Crippen molar-refractivity contribution in [3.05, 3.63) is 47.7 Å². The lowest BCUT2D eigenvalue weighted by molar-refractivity contribution is 0.181. The van der Waals surface area contributed by atoms with E-state index in [-0.39, 0.29) is 12.1 Å². The Kier molecular flexibility index (Phi) is 4.65. The van der Waals surface area contributed by atoms with Gasteiger partial charge in [-0.1, -0.05) is 35.5 Å². The highest BCUT2D eigenvalue weighted by atomic mass is 16.5. The van der Waals surface area contributed by atoms with Crippen molar-refractivity contribution in [2.45, 2.75) is 44.6 Å². The van der Waals surface area contributed by atoms with Crippen LogP contribution < -0.4 is 5.32 Å². The third-order valence-electron chi connectivity index (χ3n) is 4.70. The average molecular weight is 313 g/mol.